The number of methoxy groups -OCH3 is 2. The summed E-state index contributed by atoms with van der Waals surface area (Å²) in [6.07, 6.45) is -7.91. The molecule has 1 atom stereocenters. The van der Waals surface area contributed by atoms with E-state index >= 15 is 0 Å². The van der Waals surface area contributed by atoms with Crippen LogP contribution in [0.5, 0.6) is 5.75 Å². The van der Waals surface area contributed by atoms with Crippen LogP contribution in [0.25, 0.3) is 10.8 Å². The standard InChI is InChI=1S/C20H23F3N2O6/c1-18(2,3)31-17(28)25-19(16(27)30-5,20(21,22)23)10-11-9-13-12(15(26)24-11)7-6-8-14(13)29-4/h6-9H,10H2,1-5H3,(H,24,26)(H,25,28). The van der Waals surface area contributed by atoms with Gasteiger partial charge in [0.15, 0.2) is 0 Å². The van der Waals surface area contributed by atoms with Gasteiger partial charge in [-0.2, -0.15) is 13.2 Å². The average Bonchev–Trinajstić information content (AvgIpc) is 2.64. The van der Waals surface area contributed by atoms with Gasteiger partial charge in [0.2, 0.25) is 5.54 Å². The summed E-state index contributed by atoms with van der Waals surface area (Å²) in [5.41, 5.74) is -5.60. The molecule has 1 aromatic heterocycles. The van der Waals surface area contributed by atoms with Crippen LogP contribution in [0.4, 0.5) is 18.0 Å². The second kappa shape index (κ2) is 8.48. The van der Waals surface area contributed by atoms with E-state index in [9.17, 15) is 27.6 Å². The Kier molecular flexibility index (Phi) is 6.57. The number of alkyl carbamates (subject to hydrolysis) is 1. The molecule has 0 spiro atoms. The number of fused-ring (bicyclic) bond motifs is 1. The number of amides is 1. The second-order valence-corrected chi connectivity index (χ2v) is 7.74. The number of H-pyrrole nitrogens is 1. The number of aromatic nitrogens is 1. The van der Waals surface area contributed by atoms with Gasteiger partial charge in [-0.15, -0.1) is 0 Å². The molecule has 1 unspecified atom stereocenters. The van der Waals surface area contributed by atoms with E-state index in [-0.39, 0.29) is 22.2 Å². The fourth-order valence-corrected chi connectivity index (χ4v) is 2.98. The van der Waals surface area contributed by atoms with Crippen LogP contribution in [-0.2, 0) is 20.7 Å². The van der Waals surface area contributed by atoms with E-state index in [4.69, 9.17) is 9.47 Å². The monoisotopic (exact) mass is 444 g/mol. The lowest BCUT2D eigenvalue weighted by Crippen LogP contribution is -2.66. The first-order valence-corrected chi connectivity index (χ1v) is 9.09. The summed E-state index contributed by atoms with van der Waals surface area (Å²) in [4.78, 5) is 39.3. The maximum atomic E-state index is 14.2. The third-order valence-electron chi connectivity index (χ3n) is 4.31. The molecular formula is C20H23F3N2O6. The first kappa shape index (κ1) is 24.0. The van der Waals surface area contributed by atoms with E-state index < -0.39 is 41.4 Å². The number of nitrogens with one attached hydrogen (secondary N) is 2. The minimum absolute atomic E-state index is 0.180. The summed E-state index contributed by atoms with van der Waals surface area (Å²) in [5, 5.41) is 2.03. The van der Waals surface area contributed by atoms with Crippen molar-refractivity contribution in [3.8, 4) is 5.75 Å². The first-order valence-electron chi connectivity index (χ1n) is 9.09. The van der Waals surface area contributed by atoms with Crippen LogP contribution < -0.4 is 15.6 Å². The van der Waals surface area contributed by atoms with Crippen LogP contribution >= 0.6 is 0 Å². The lowest BCUT2D eigenvalue weighted by molar-refractivity contribution is -0.211. The molecular weight excluding hydrogens is 421 g/mol. The molecule has 0 aliphatic heterocycles. The van der Waals surface area contributed by atoms with Gasteiger partial charge in [-0.25, -0.2) is 9.59 Å². The normalized spacial score (nSPS) is 13.9. The molecule has 31 heavy (non-hydrogen) atoms. The van der Waals surface area contributed by atoms with E-state index in [1.165, 1.54) is 46.1 Å². The number of hydrogen-bond donors (Lipinski definition) is 2. The van der Waals surface area contributed by atoms with Gasteiger partial charge < -0.3 is 19.2 Å². The fraction of sp³-hybridized carbons (Fsp3) is 0.450. The van der Waals surface area contributed by atoms with Crippen molar-refractivity contribution in [1.29, 1.82) is 0 Å². The minimum atomic E-state index is -5.29. The number of pyridine rings is 1. The van der Waals surface area contributed by atoms with Crippen molar-refractivity contribution >= 4 is 22.8 Å². The number of esters is 1. The highest BCUT2D eigenvalue weighted by Gasteiger charge is 2.63. The molecule has 0 fully saturated rings. The SMILES string of the molecule is COC(=O)C(Cc1cc2c(OC)cccc2c(=O)[nH]1)(NC(=O)OC(C)(C)C)C(F)(F)F. The van der Waals surface area contributed by atoms with Gasteiger partial charge in [0, 0.05) is 17.5 Å². The van der Waals surface area contributed by atoms with E-state index in [0.717, 1.165) is 7.11 Å². The predicted molar refractivity (Wildman–Crippen MR) is 105 cm³/mol. The molecule has 170 valence electrons. The molecule has 1 heterocycles. The number of hydrogen-bond acceptors (Lipinski definition) is 6. The van der Waals surface area contributed by atoms with Gasteiger partial charge in [0.1, 0.15) is 11.4 Å². The number of carbonyl (C=O) groups excluding carboxylic acids is 2. The molecule has 0 saturated carbocycles. The van der Waals surface area contributed by atoms with Crippen LogP contribution in [0.1, 0.15) is 26.5 Å². The molecule has 2 aromatic rings. The Morgan fingerprint density at radius 2 is 1.74 bits per heavy atom. The highest BCUT2D eigenvalue weighted by atomic mass is 19.4. The summed E-state index contributed by atoms with van der Waals surface area (Å²) >= 11 is 0. The topological polar surface area (TPSA) is 107 Å². The van der Waals surface area contributed by atoms with Crippen molar-refractivity contribution in [2.75, 3.05) is 14.2 Å². The minimum Gasteiger partial charge on any atom is -0.496 e. The Labute approximate surface area is 175 Å². The third kappa shape index (κ3) is 5.09. The fourth-order valence-electron chi connectivity index (χ4n) is 2.98. The molecule has 0 radical (unpaired) electrons. The predicted octanol–water partition coefficient (Wildman–Crippen LogP) is 3.08. The van der Waals surface area contributed by atoms with Crippen LogP contribution in [0.15, 0.2) is 29.1 Å². The molecule has 0 bridgehead atoms. The molecule has 1 aromatic carbocycles. The third-order valence-corrected chi connectivity index (χ3v) is 4.31. The Bertz CT molecular complexity index is 1040. The Hall–Kier alpha value is -3.24. The van der Waals surface area contributed by atoms with Gasteiger partial charge >= 0.3 is 18.2 Å². The van der Waals surface area contributed by atoms with Crippen molar-refractivity contribution in [3.05, 3.63) is 40.3 Å². The number of rotatable bonds is 5. The number of carbonyl (C=O) groups is 2. The zero-order valence-electron chi connectivity index (χ0n) is 17.6. The summed E-state index contributed by atoms with van der Waals surface area (Å²) in [5.74, 6) is -1.52. The van der Waals surface area contributed by atoms with E-state index in [1.807, 2.05) is 0 Å². The summed E-state index contributed by atoms with van der Waals surface area (Å²) < 4.78 is 56.9. The van der Waals surface area contributed by atoms with E-state index in [0.29, 0.717) is 0 Å². The summed E-state index contributed by atoms with van der Waals surface area (Å²) in [6, 6.07) is 5.79. The number of aromatic amines is 1. The molecule has 0 aliphatic carbocycles. The van der Waals surface area contributed by atoms with Gasteiger partial charge in [0.25, 0.3) is 5.56 Å². The van der Waals surface area contributed by atoms with Crippen molar-refractivity contribution in [1.82, 2.24) is 10.3 Å². The zero-order chi connectivity index (χ0) is 23.6. The van der Waals surface area contributed by atoms with Crippen LogP contribution in [0.2, 0.25) is 0 Å². The van der Waals surface area contributed by atoms with Crippen molar-refractivity contribution in [2.24, 2.45) is 0 Å². The Morgan fingerprint density at radius 1 is 1.10 bits per heavy atom. The number of ether oxygens (including phenoxy) is 3. The highest BCUT2D eigenvalue weighted by Crippen LogP contribution is 2.35. The Balaban J connectivity index is 2.64. The van der Waals surface area contributed by atoms with Gasteiger partial charge in [0.05, 0.1) is 19.6 Å². The lowest BCUT2D eigenvalue weighted by Gasteiger charge is -2.34. The quantitative estimate of drug-likeness (QED) is 0.687. The zero-order valence-corrected chi connectivity index (χ0v) is 17.6. The Morgan fingerprint density at radius 3 is 2.26 bits per heavy atom. The maximum absolute atomic E-state index is 14.2. The lowest BCUT2D eigenvalue weighted by atomic mass is 9.91. The highest BCUT2D eigenvalue weighted by molar-refractivity contribution is 5.89. The van der Waals surface area contributed by atoms with Gasteiger partial charge in [-0.3, -0.25) is 10.1 Å². The van der Waals surface area contributed by atoms with Gasteiger partial charge in [-0.05, 0) is 39.0 Å². The molecule has 1 amide bonds. The molecule has 0 saturated heterocycles. The van der Waals surface area contributed by atoms with E-state index in [1.54, 1.807) is 11.4 Å². The van der Waals surface area contributed by atoms with Crippen LogP contribution in [0.3, 0.4) is 0 Å². The molecule has 2 rings (SSSR count). The van der Waals surface area contributed by atoms with Crippen LogP contribution in [-0.4, -0.2) is 48.6 Å². The molecule has 8 nitrogen and oxygen atoms in total. The number of halogens is 3. The maximum Gasteiger partial charge on any atom is 0.422 e. The van der Waals surface area contributed by atoms with Crippen molar-refractivity contribution in [3.63, 3.8) is 0 Å². The molecule has 11 heteroatoms. The van der Waals surface area contributed by atoms with Crippen LogP contribution in [0, 0.1) is 0 Å². The molecule has 0 aliphatic rings. The summed E-state index contributed by atoms with van der Waals surface area (Å²) in [7, 11) is 2.10. The summed E-state index contributed by atoms with van der Waals surface area (Å²) in [6.45, 7) is 4.35. The number of alkyl halides is 3. The van der Waals surface area contributed by atoms with Crippen molar-refractivity contribution in [2.45, 2.75) is 44.5 Å². The molecule has 2 N–H and O–H groups in total. The van der Waals surface area contributed by atoms with Crippen molar-refractivity contribution < 1.29 is 37.0 Å². The largest absolute Gasteiger partial charge is 0.496 e. The number of benzene rings is 1. The first-order chi connectivity index (χ1) is 14.2. The average molecular weight is 444 g/mol. The van der Waals surface area contributed by atoms with Gasteiger partial charge in [-0.1, -0.05) is 6.07 Å². The van der Waals surface area contributed by atoms with E-state index in [2.05, 4.69) is 9.72 Å². The second-order valence-electron chi connectivity index (χ2n) is 7.74. The smallest absolute Gasteiger partial charge is 0.422 e.